The van der Waals surface area contributed by atoms with Gasteiger partial charge in [0.1, 0.15) is 5.69 Å². The molecule has 1 aromatic carbocycles. The van der Waals surface area contributed by atoms with E-state index in [1.54, 1.807) is 24.7 Å². The Hall–Kier alpha value is -2.48. The maximum Gasteiger partial charge on any atom is 0.293 e. The zero-order valence-electron chi connectivity index (χ0n) is 10.6. The van der Waals surface area contributed by atoms with Gasteiger partial charge in [-0.1, -0.05) is 0 Å². The van der Waals surface area contributed by atoms with Gasteiger partial charge in [0, 0.05) is 12.3 Å². The van der Waals surface area contributed by atoms with Crippen LogP contribution in [0.3, 0.4) is 0 Å². The van der Waals surface area contributed by atoms with Gasteiger partial charge in [-0.2, -0.15) is 0 Å². The standard InChI is InChI=1S/C12H11N5O2S/c1-7-16-10-2-9(14-5-8-4-13-6-15-8)11(17(18)19)3-12(10)20-7/h2-4,6,14H,5H2,1H3,(H,13,15). The van der Waals surface area contributed by atoms with Crippen molar-refractivity contribution >= 4 is 32.9 Å². The van der Waals surface area contributed by atoms with Crippen LogP contribution in [-0.4, -0.2) is 19.9 Å². The smallest absolute Gasteiger partial charge is 0.293 e. The molecule has 0 saturated carbocycles. The average Bonchev–Trinajstić information content (AvgIpc) is 3.02. The van der Waals surface area contributed by atoms with Gasteiger partial charge >= 0.3 is 0 Å². The summed E-state index contributed by atoms with van der Waals surface area (Å²) in [7, 11) is 0. The summed E-state index contributed by atoms with van der Waals surface area (Å²) in [6.07, 6.45) is 3.24. The molecule has 0 unspecified atom stereocenters. The number of hydrogen-bond acceptors (Lipinski definition) is 6. The van der Waals surface area contributed by atoms with Crippen LogP contribution < -0.4 is 5.32 Å². The molecule has 0 bridgehead atoms. The highest BCUT2D eigenvalue weighted by atomic mass is 32.1. The van der Waals surface area contributed by atoms with Crippen molar-refractivity contribution in [1.82, 2.24) is 15.0 Å². The highest BCUT2D eigenvalue weighted by Crippen LogP contribution is 2.33. The SMILES string of the molecule is Cc1nc2cc(NCc3cnc[nH]3)c([N+](=O)[O-])cc2s1. The lowest BCUT2D eigenvalue weighted by Crippen LogP contribution is -2.02. The summed E-state index contributed by atoms with van der Waals surface area (Å²) in [6.45, 7) is 2.32. The topological polar surface area (TPSA) is 96.7 Å². The fourth-order valence-corrected chi connectivity index (χ4v) is 2.78. The molecule has 20 heavy (non-hydrogen) atoms. The summed E-state index contributed by atoms with van der Waals surface area (Å²) < 4.78 is 0.821. The van der Waals surface area contributed by atoms with E-state index in [-0.39, 0.29) is 10.6 Å². The number of hydrogen-bond donors (Lipinski definition) is 2. The Kier molecular flexibility index (Phi) is 3.07. The van der Waals surface area contributed by atoms with Crippen LogP contribution in [-0.2, 0) is 6.54 Å². The molecule has 0 saturated heterocycles. The summed E-state index contributed by atoms with van der Waals surface area (Å²) in [5.41, 5.74) is 2.14. The molecule has 2 heterocycles. The van der Waals surface area contributed by atoms with Gasteiger partial charge in [0.15, 0.2) is 0 Å². The maximum absolute atomic E-state index is 11.2. The van der Waals surface area contributed by atoms with E-state index in [0.29, 0.717) is 12.2 Å². The summed E-state index contributed by atoms with van der Waals surface area (Å²) >= 11 is 1.45. The number of nitrogens with one attached hydrogen (secondary N) is 2. The Morgan fingerprint density at radius 1 is 1.50 bits per heavy atom. The van der Waals surface area contributed by atoms with Crippen molar-refractivity contribution in [1.29, 1.82) is 0 Å². The third-order valence-corrected chi connectivity index (χ3v) is 3.77. The molecule has 3 aromatic rings. The van der Waals surface area contributed by atoms with Gasteiger partial charge in [-0.15, -0.1) is 11.3 Å². The first-order valence-electron chi connectivity index (χ1n) is 5.90. The lowest BCUT2D eigenvalue weighted by Gasteiger charge is -2.05. The summed E-state index contributed by atoms with van der Waals surface area (Å²) in [5, 5.41) is 15.1. The molecule has 0 fully saturated rings. The average molecular weight is 289 g/mol. The van der Waals surface area contributed by atoms with E-state index in [2.05, 4.69) is 20.3 Å². The molecule has 0 aliphatic heterocycles. The molecular weight excluding hydrogens is 278 g/mol. The second-order valence-corrected chi connectivity index (χ2v) is 5.49. The van der Waals surface area contributed by atoms with Crippen molar-refractivity contribution < 1.29 is 4.92 Å². The van der Waals surface area contributed by atoms with Crippen molar-refractivity contribution in [2.24, 2.45) is 0 Å². The van der Waals surface area contributed by atoms with Gasteiger partial charge in [0.05, 0.1) is 38.7 Å². The van der Waals surface area contributed by atoms with Gasteiger partial charge in [-0.05, 0) is 13.0 Å². The number of H-pyrrole nitrogens is 1. The number of thiazole rings is 1. The molecule has 0 aliphatic rings. The van der Waals surface area contributed by atoms with E-state index in [1.165, 1.54) is 11.3 Å². The van der Waals surface area contributed by atoms with Crippen LogP contribution in [0, 0.1) is 17.0 Å². The van der Waals surface area contributed by atoms with E-state index >= 15 is 0 Å². The zero-order valence-corrected chi connectivity index (χ0v) is 11.4. The Balaban J connectivity index is 1.98. The predicted octanol–water partition coefficient (Wildman–Crippen LogP) is 2.85. The minimum atomic E-state index is -0.385. The van der Waals surface area contributed by atoms with E-state index in [0.717, 1.165) is 20.9 Å². The van der Waals surface area contributed by atoms with Crippen LogP contribution >= 0.6 is 11.3 Å². The molecule has 0 amide bonds. The molecule has 0 radical (unpaired) electrons. The highest BCUT2D eigenvalue weighted by molar-refractivity contribution is 7.18. The zero-order chi connectivity index (χ0) is 14.1. The third-order valence-electron chi connectivity index (χ3n) is 2.83. The van der Waals surface area contributed by atoms with Gasteiger partial charge in [0.2, 0.25) is 0 Å². The Labute approximate surface area is 117 Å². The molecule has 0 atom stereocenters. The van der Waals surface area contributed by atoms with E-state index in [9.17, 15) is 10.1 Å². The largest absolute Gasteiger partial charge is 0.374 e. The first-order chi connectivity index (χ1) is 9.63. The van der Waals surface area contributed by atoms with Gasteiger partial charge < -0.3 is 10.3 Å². The Bertz CT molecular complexity index is 766. The summed E-state index contributed by atoms with van der Waals surface area (Å²) in [4.78, 5) is 22.0. The van der Waals surface area contributed by atoms with Crippen molar-refractivity contribution in [3.05, 3.63) is 45.5 Å². The number of nitrogens with zero attached hydrogens (tertiary/aromatic N) is 3. The quantitative estimate of drug-likeness (QED) is 0.568. The molecule has 102 valence electrons. The minimum absolute atomic E-state index is 0.0562. The van der Waals surface area contributed by atoms with Gasteiger partial charge in [-0.25, -0.2) is 9.97 Å². The van der Waals surface area contributed by atoms with Crippen LogP contribution in [0.25, 0.3) is 10.2 Å². The first-order valence-corrected chi connectivity index (χ1v) is 6.72. The number of rotatable bonds is 4. The number of imidazole rings is 1. The number of aryl methyl sites for hydroxylation is 1. The van der Waals surface area contributed by atoms with Crippen molar-refractivity contribution in [3.63, 3.8) is 0 Å². The second kappa shape index (κ2) is 4.89. The monoisotopic (exact) mass is 289 g/mol. The van der Waals surface area contributed by atoms with Crippen LogP contribution in [0.4, 0.5) is 11.4 Å². The molecule has 0 aliphatic carbocycles. The summed E-state index contributed by atoms with van der Waals surface area (Å²) in [6, 6.07) is 3.28. The Morgan fingerprint density at radius 2 is 2.35 bits per heavy atom. The highest BCUT2D eigenvalue weighted by Gasteiger charge is 2.17. The van der Waals surface area contributed by atoms with Crippen LogP contribution in [0.1, 0.15) is 10.7 Å². The fourth-order valence-electron chi connectivity index (χ4n) is 1.94. The van der Waals surface area contributed by atoms with E-state index in [4.69, 9.17) is 0 Å². The van der Waals surface area contributed by atoms with E-state index in [1.807, 2.05) is 6.92 Å². The maximum atomic E-state index is 11.2. The normalized spacial score (nSPS) is 10.8. The molecular formula is C12H11N5O2S. The van der Waals surface area contributed by atoms with E-state index < -0.39 is 0 Å². The van der Waals surface area contributed by atoms with Crippen molar-refractivity contribution in [3.8, 4) is 0 Å². The minimum Gasteiger partial charge on any atom is -0.374 e. The molecule has 7 nitrogen and oxygen atoms in total. The molecule has 8 heteroatoms. The fraction of sp³-hybridized carbons (Fsp3) is 0.167. The number of aromatic amines is 1. The number of nitro groups is 1. The lowest BCUT2D eigenvalue weighted by molar-refractivity contribution is -0.383. The first kappa shape index (κ1) is 12.5. The summed E-state index contributed by atoms with van der Waals surface area (Å²) in [5.74, 6) is 0. The van der Waals surface area contributed by atoms with Crippen molar-refractivity contribution in [2.45, 2.75) is 13.5 Å². The molecule has 0 spiro atoms. The number of anilines is 1. The van der Waals surface area contributed by atoms with Gasteiger partial charge in [-0.3, -0.25) is 10.1 Å². The van der Waals surface area contributed by atoms with Crippen LogP contribution in [0.15, 0.2) is 24.7 Å². The number of aromatic nitrogens is 3. The Morgan fingerprint density at radius 3 is 3.05 bits per heavy atom. The van der Waals surface area contributed by atoms with Crippen LogP contribution in [0.2, 0.25) is 0 Å². The number of fused-ring (bicyclic) bond motifs is 1. The third kappa shape index (κ3) is 2.32. The number of benzene rings is 1. The second-order valence-electron chi connectivity index (χ2n) is 4.26. The number of nitro benzene ring substituents is 1. The van der Waals surface area contributed by atoms with Crippen molar-refractivity contribution in [2.75, 3.05) is 5.32 Å². The van der Waals surface area contributed by atoms with Gasteiger partial charge in [0.25, 0.3) is 5.69 Å². The lowest BCUT2D eigenvalue weighted by atomic mass is 10.2. The molecule has 2 aromatic heterocycles. The molecule has 2 N–H and O–H groups in total. The predicted molar refractivity (Wildman–Crippen MR) is 76.9 cm³/mol. The van der Waals surface area contributed by atoms with Crippen LogP contribution in [0.5, 0.6) is 0 Å². The molecule has 3 rings (SSSR count).